The molecular weight excluding hydrogens is 316 g/mol. The van der Waals surface area contributed by atoms with Crippen molar-refractivity contribution in [3.63, 3.8) is 0 Å². The minimum Gasteiger partial charge on any atom is -0.494 e. The quantitative estimate of drug-likeness (QED) is 0.563. The second-order valence-electron chi connectivity index (χ2n) is 6.76. The number of carbonyl (C=O) groups is 2. The van der Waals surface area contributed by atoms with Crippen LogP contribution in [-0.4, -0.2) is 51.3 Å². The smallest absolute Gasteiger partial charge is 0.303 e. The highest BCUT2D eigenvalue weighted by Gasteiger charge is 2.40. The third-order valence-electron chi connectivity index (χ3n) is 3.06. The Bertz CT molecular complexity index is 466. The fourth-order valence-electron chi connectivity index (χ4n) is 2.10. The Morgan fingerprint density at radius 3 is 2.17 bits per heavy atom. The van der Waals surface area contributed by atoms with Crippen molar-refractivity contribution in [2.75, 3.05) is 6.61 Å². The van der Waals surface area contributed by atoms with Crippen molar-refractivity contribution in [2.24, 2.45) is 0 Å². The second kappa shape index (κ2) is 7.96. The molecule has 1 aliphatic heterocycles. The molecule has 0 saturated heterocycles. The monoisotopic (exact) mass is 343 g/mol. The predicted molar refractivity (Wildman–Crippen MR) is 87.3 cm³/mol. The fraction of sp³-hybridized carbons (Fsp3) is 0.750. The molecule has 0 aromatic heterocycles. The van der Waals surface area contributed by atoms with Gasteiger partial charge in [-0.2, -0.15) is 0 Å². The van der Waals surface area contributed by atoms with Crippen LogP contribution in [0, 0.1) is 0 Å². The minimum absolute atomic E-state index is 0.242. The molecule has 1 rings (SSSR count). The fourth-order valence-corrected chi connectivity index (χ4v) is 2.98. The molecule has 6 nitrogen and oxygen atoms in total. The van der Waals surface area contributed by atoms with Crippen LogP contribution in [0.15, 0.2) is 11.5 Å². The van der Waals surface area contributed by atoms with Gasteiger partial charge in [-0.25, -0.2) is 0 Å². The van der Waals surface area contributed by atoms with Crippen molar-refractivity contribution < 1.29 is 28.5 Å². The number of hydrogen-bond acceptors (Lipinski definition) is 6. The summed E-state index contributed by atoms with van der Waals surface area (Å²) < 4.78 is 22.5. The van der Waals surface area contributed by atoms with Gasteiger partial charge in [0.15, 0.2) is 18.3 Å². The lowest BCUT2D eigenvalue weighted by molar-refractivity contribution is -0.181. The summed E-state index contributed by atoms with van der Waals surface area (Å²) >= 11 is 0. The van der Waals surface area contributed by atoms with Crippen LogP contribution >= 0.6 is 0 Å². The topological polar surface area (TPSA) is 71.1 Å². The molecule has 0 aromatic rings. The van der Waals surface area contributed by atoms with E-state index in [9.17, 15) is 9.59 Å². The van der Waals surface area contributed by atoms with E-state index in [1.54, 1.807) is 6.08 Å². The van der Waals surface area contributed by atoms with E-state index in [1.807, 2.05) is 20.8 Å². The molecule has 0 spiro atoms. The predicted octanol–water partition coefficient (Wildman–Crippen LogP) is 2.24. The van der Waals surface area contributed by atoms with E-state index >= 15 is 0 Å². The molecule has 0 fully saturated rings. The first-order valence-electron chi connectivity index (χ1n) is 7.67. The first kappa shape index (κ1) is 19.7. The van der Waals surface area contributed by atoms with Gasteiger partial charge in [0.2, 0.25) is 0 Å². The van der Waals surface area contributed by atoms with E-state index < -0.39 is 39.0 Å². The van der Waals surface area contributed by atoms with Gasteiger partial charge in [0.25, 0.3) is 0 Å². The summed E-state index contributed by atoms with van der Waals surface area (Å²) in [5.41, 5.74) is -0.353. The first-order valence-corrected chi connectivity index (χ1v) is 10.2. The SMILES string of the molecule is CC(=O)O[C@H]1[C@H](OC(C)=O)C=C([Si](C)C)O[C@@H]1COC(C)(C)C. The number of esters is 2. The first-order chi connectivity index (χ1) is 10.5. The van der Waals surface area contributed by atoms with Gasteiger partial charge >= 0.3 is 11.9 Å². The van der Waals surface area contributed by atoms with Crippen LogP contribution in [0.4, 0.5) is 0 Å². The average molecular weight is 343 g/mol. The summed E-state index contributed by atoms with van der Waals surface area (Å²) in [5, 5.41) is 0.798. The number of carbonyl (C=O) groups excluding carboxylic acids is 2. The summed E-state index contributed by atoms with van der Waals surface area (Å²) in [7, 11) is -0.888. The molecule has 1 radical (unpaired) electrons. The van der Waals surface area contributed by atoms with E-state index in [-0.39, 0.29) is 12.2 Å². The van der Waals surface area contributed by atoms with E-state index in [0.29, 0.717) is 0 Å². The maximum atomic E-state index is 11.4. The molecule has 0 aliphatic carbocycles. The molecule has 0 bridgehead atoms. The maximum Gasteiger partial charge on any atom is 0.303 e. The largest absolute Gasteiger partial charge is 0.494 e. The minimum atomic E-state index is -0.888. The molecule has 3 atom stereocenters. The Morgan fingerprint density at radius 2 is 1.74 bits per heavy atom. The number of ether oxygens (including phenoxy) is 4. The Hall–Kier alpha value is -1.34. The van der Waals surface area contributed by atoms with Crippen LogP contribution in [0.3, 0.4) is 0 Å². The lowest BCUT2D eigenvalue weighted by Gasteiger charge is -2.38. The zero-order valence-electron chi connectivity index (χ0n) is 15.0. The molecule has 0 aromatic carbocycles. The molecule has 1 aliphatic rings. The van der Waals surface area contributed by atoms with Gasteiger partial charge in [-0.1, -0.05) is 13.1 Å². The van der Waals surface area contributed by atoms with E-state index in [0.717, 1.165) is 5.38 Å². The number of hydrogen-bond donors (Lipinski definition) is 0. The lowest BCUT2D eigenvalue weighted by Crippen LogP contribution is -2.50. The van der Waals surface area contributed by atoms with Crippen LogP contribution in [0.5, 0.6) is 0 Å². The van der Waals surface area contributed by atoms with Gasteiger partial charge in [0, 0.05) is 13.8 Å². The highest BCUT2D eigenvalue weighted by atomic mass is 28.3. The van der Waals surface area contributed by atoms with Crippen LogP contribution in [0.1, 0.15) is 34.6 Å². The highest BCUT2D eigenvalue weighted by molar-refractivity contribution is 6.63. The standard InChI is InChI=1S/C16H27O6Si/c1-10(17)20-12-8-14(23(6)7)22-13(9-19-16(3,4)5)15(12)21-11(2)18/h8,12-13,15H,9H2,1-7H3/t12-,13-,15+/m1/s1. The summed E-state index contributed by atoms with van der Waals surface area (Å²) in [6, 6.07) is 0. The van der Waals surface area contributed by atoms with Crippen LogP contribution in [-0.2, 0) is 28.5 Å². The Labute approximate surface area is 139 Å². The normalized spacial score (nSPS) is 24.7. The lowest BCUT2D eigenvalue weighted by atomic mass is 10.1. The van der Waals surface area contributed by atoms with Crippen molar-refractivity contribution in [3.8, 4) is 0 Å². The van der Waals surface area contributed by atoms with Crippen LogP contribution in [0.2, 0.25) is 13.1 Å². The molecular formula is C16H27O6Si. The molecule has 131 valence electrons. The Balaban J connectivity index is 3.04. The van der Waals surface area contributed by atoms with Crippen molar-refractivity contribution in [1.82, 2.24) is 0 Å². The van der Waals surface area contributed by atoms with Gasteiger partial charge in [0.1, 0.15) is 8.80 Å². The van der Waals surface area contributed by atoms with Crippen molar-refractivity contribution in [2.45, 2.75) is 71.6 Å². The summed E-state index contributed by atoms with van der Waals surface area (Å²) in [5.74, 6) is -0.881. The molecule has 0 amide bonds. The van der Waals surface area contributed by atoms with Gasteiger partial charge in [0.05, 0.1) is 17.6 Å². The summed E-state index contributed by atoms with van der Waals surface area (Å²) in [6.45, 7) is 12.9. The van der Waals surface area contributed by atoms with E-state index in [4.69, 9.17) is 18.9 Å². The zero-order valence-corrected chi connectivity index (χ0v) is 16.0. The average Bonchev–Trinajstić information content (AvgIpc) is 2.36. The summed E-state index contributed by atoms with van der Waals surface area (Å²) in [4.78, 5) is 22.8. The van der Waals surface area contributed by atoms with Crippen LogP contribution < -0.4 is 0 Å². The van der Waals surface area contributed by atoms with Crippen molar-refractivity contribution >= 4 is 20.7 Å². The van der Waals surface area contributed by atoms with Crippen molar-refractivity contribution in [1.29, 1.82) is 0 Å². The molecule has 1 heterocycles. The van der Waals surface area contributed by atoms with Gasteiger partial charge in [-0.3, -0.25) is 9.59 Å². The molecule has 0 unspecified atom stereocenters. The summed E-state index contributed by atoms with van der Waals surface area (Å²) in [6.07, 6.45) is -0.142. The Morgan fingerprint density at radius 1 is 1.17 bits per heavy atom. The molecule has 0 saturated carbocycles. The van der Waals surface area contributed by atoms with Crippen LogP contribution in [0.25, 0.3) is 0 Å². The molecule has 23 heavy (non-hydrogen) atoms. The maximum absolute atomic E-state index is 11.4. The van der Waals surface area contributed by atoms with Gasteiger partial charge < -0.3 is 18.9 Å². The van der Waals surface area contributed by atoms with Gasteiger partial charge in [-0.05, 0) is 26.8 Å². The highest BCUT2D eigenvalue weighted by Crippen LogP contribution is 2.26. The number of rotatable bonds is 5. The Kier molecular flexibility index (Phi) is 6.82. The third-order valence-corrected chi connectivity index (χ3v) is 4.33. The second-order valence-corrected chi connectivity index (χ2v) is 9.25. The third kappa shape index (κ3) is 6.74. The van der Waals surface area contributed by atoms with Crippen molar-refractivity contribution in [3.05, 3.63) is 11.5 Å². The molecule has 7 heteroatoms. The van der Waals surface area contributed by atoms with E-state index in [1.165, 1.54) is 13.8 Å². The van der Waals surface area contributed by atoms with E-state index in [2.05, 4.69) is 13.1 Å². The van der Waals surface area contributed by atoms with Gasteiger partial charge in [-0.15, -0.1) is 0 Å². The molecule has 0 N–H and O–H groups in total. The zero-order chi connectivity index (χ0) is 17.8.